The lowest BCUT2D eigenvalue weighted by molar-refractivity contribution is 0.228. The fourth-order valence-electron chi connectivity index (χ4n) is 3.15. The third kappa shape index (κ3) is 1.27. The van der Waals surface area contributed by atoms with Crippen LogP contribution in [0.5, 0.6) is 0 Å². The van der Waals surface area contributed by atoms with E-state index in [1.807, 2.05) is 0 Å². The summed E-state index contributed by atoms with van der Waals surface area (Å²) in [6.45, 7) is 9.01. The van der Waals surface area contributed by atoms with Gasteiger partial charge in [0.2, 0.25) is 5.89 Å². The standard InChI is InChI=1S/C13H21N3O/c1-11(2)8(12(11,3)4)9-15-10(16-17-9)13(14)6-5-7-13/h8H,5-7,14H2,1-4H3. The highest BCUT2D eigenvalue weighted by Gasteiger charge is 2.68. The van der Waals surface area contributed by atoms with Crippen molar-refractivity contribution >= 4 is 0 Å². The van der Waals surface area contributed by atoms with E-state index in [0.29, 0.717) is 11.7 Å². The van der Waals surface area contributed by atoms with E-state index in [9.17, 15) is 0 Å². The topological polar surface area (TPSA) is 64.9 Å². The number of rotatable bonds is 2. The van der Waals surface area contributed by atoms with Crippen LogP contribution in [-0.4, -0.2) is 10.1 Å². The van der Waals surface area contributed by atoms with Gasteiger partial charge in [-0.2, -0.15) is 4.98 Å². The summed E-state index contributed by atoms with van der Waals surface area (Å²) in [5, 5.41) is 4.09. The summed E-state index contributed by atoms with van der Waals surface area (Å²) >= 11 is 0. The molecule has 0 bridgehead atoms. The van der Waals surface area contributed by atoms with Crippen LogP contribution in [-0.2, 0) is 5.54 Å². The van der Waals surface area contributed by atoms with Gasteiger partial charge in [0, 0.05) is 5.92 Å². The summed E-state index contributed by atoms with van der Waals surface area (Å²) < 4.78 is 5.44. The second-order valence-electron chi connectivity index (χ2n) is 6.84. The first-order valence-electron chi connectivity index (χ1n) is 6.42. The van der Waals surface area contributed by atoms with Gasteiger partial charge in [0.1, 0.15) is 0 Å². The average molecular weight is 235 g/mol. The van der Waals surface area contributed by atoms with Crippen LogP contribution in [0.3, 0.4) is 0 Å². The van der Waals surface area contributed by atoms with Gasteiger partial charge in [0.05, 0.1) is 5.54 Å². The molecule has 2 N–H and O–H groups in total. The molecule has 4 heteroatoms. The molecule has 0 saturated heterocycles. The molecular weight excluding hydrogens is 214 g/mol. The molecule has 2 aliphatic rings. The molecule has 0 aliphatic heterocycles. The van der Waals surface area contributed by atoms with E-state index >= 15 is 0 Å². The molecule has 4 nitrogen and oxygen atoms in total. The summed E-state index contributed by atoms with van der Waals surface area (Å²) in [5.74, 6) is 1.84. The molecule has 2 aliphatic carbocycles. The first-order valence-corrected chi connectivity index (χ1v) is 6.42. The van der Waals surface area contributed by atoms with Crippen LogP contribution in [0.4, 0.5) is 0 Å². The van der Waals surface area contributed by atoms with Crippen LogP contribution in [0.25, 0.3) is 0 Å². The van der Waals surface area contributed by atoms with Crippen molar-refractivity contribution in [3.05, 3.63) is 11.7 Å². The normalized spacial score (nSPS) is 28.8. The minimum absolute atomic E-state index is 0.234. The highest BCUT2D eigenvalue weighted by atomic mass is 16.5. The second kappa shape index (κ2) is 2.91. The molecule has 2 fully saturated rings. The van der Waals surface area contributed by atoms with Gasteiger partial charge >= 0.3 is 0 Å². The number of nitrogens with two attached hydrogens (primary N) is 1. The third-order valence-corrected chi connectivity index (χ3v) is 5.40. The summed E-state index contributed by atoms with van der Waals surface area (Å²) in [6.07, 6.45) is 3.12. The molecule has 94 valence electrons. The predicted octanol–water partition coefficient (Wildman–Crippen LogP) is 2.56. The molecule has 0 radical (unpaired) electrons. The van der Waals surface area contributed by atoms with Gasteiger partial charge in [0.25, 0.3) is 0 Å². The Morgan fingerprint density at radius 3 is 2.18 bits per heavy atom. The molecule has 0 unspecified atom stereocenters. The van der Waals surface area contributed by atoms with Crippen molar-refractivity contribution in [1.29, 1.82) is 0 Å². The third-order valence-electron chi connectivity index (χ3n) is 5.40. The fraction of sp³-hybridized carbons (Fsp3) is 0.846. The summed E-state index contributed by atoms with van der Waals surface area (Å²) in [6, 6.07) is 0. The molecular formula is C13H21N3O. The van der Waals surface area contributed by atoms with E-state index in [2.05, 4.69) is 37.8 Å². The summed E-state index contributed by atoms with van der Waals surface area (Å²) in [7, 11) is 0. The van der Waals surface area contributed by atoms with Crippen molar-refractivity contribution in [3.63, 3.8) is 0 Å². The number of aromatic nitrogens is 2. The van der Waals surface area contributed by atoms with Crippen LogP contribution in [0.1, 0.15) is 64.6 Å². The SMILES string of the molecule is CC1(C)C(c2nc(C3(N)CCC3)no2)C1(C)C. The van der Waals surface area contributed by atoms with Crippen LogP contribution in [0.2, 0.25) is 0 Å². The Labute approximate surface area is 102 Å². The zero-order valence-corrected chi connectivity index (χ0v) is 11.1. The first-order chi connectivity index (χ1) is 7.79. The summed E-state index contributed by atoms with van der Waals surface area (Å²) in [4.78, 5) is 4.55. The molecule has 3 rings (SSSR count). The van der Waals surface area contributed by atoms with Crippen LogP contribution in [0.15, 0.2) is 4.52 Å². The lowest BCUT2D eigenvalue weighted by atomic mass is 9.77. The largest absolute Gasteiger partial charge is 0.339 e. The van der Waals surface area contributed by atoms with E-state index in [1.165, 1.54) is 6.42 Å². The van der Waals surface area contributed by atoms with E-state index in [0.717, 1.165) is 18.7 Å². The smallest absolute Gasteiger partial charge is 0.230 e. The maximum Gasteiger partial charge on any atom is 0.230 e. The maximum absolute atomic E-state index is 6.21. The summed E-state index contributed by atoms with van der Waals surface area (Å²) in [5.41, 5.74) is 6.36. The molecule has 2 saturated carbocycles. The average Bonchev–Trinajstić information content (AvgIpc) is 2.56. The maximum atomic E-state index is 6.21. The monoisotopic (exact) mass is 235 g/mol. The van der Waals surface area contributed by atoms with Gasteiger partial charge in [-0.1, -0.05) is 32.9 Å². The lowest BCUT2D eigenvalue weighted by Gasteiger charge is -2.34. The molecule has 1 heterocycles. The van der Waals surface area contributed by atoms with E-state index in [1.54, 1.807) is 0 Å². The van der Waals surface area contributed by atoms with Crippen molar-refractivity contribution in [2.24, 2.45) is 16.6 Å². The Kier molecular flexibility index (Phi) is 1.92. The minimum atomic E-state index is -0.315. The Balaban J connectivity index is 1.88. The van der Waals surface area contributed by atoms with Crippen molar-refractivity contribution < 1.29 is 4.52 Å². The molecule has 0 atom stereocenters. The van der Waals surface area contributed by atoms with Gasteiger partial charge in [-0.15, -0.1) is 0 Å². The molecule has 1 aromatic heterocycles. The number of hydrogen-bond donors (Lipinski definition) is 1. The van der Waals surface area contributed by atoms with Gasteiger partial charge in [-0.05, 0) is 30.1 Å². The molecule has 17 heavy (non-hydrogen) atoms. The molecule has 0 aromatic carbocycles. The minimum Gasteiger partial charge on any atom is -0.339 e. The van der Waals surface area contributed by atoms with Gasteiger partial charge < -0.3 is 10.3 Å². The van der Waals surface area contributed by atoms with Crippen molar-refractivity contribution in [1.82, 2.24) is 10.1 Å². The molecule has 0 amide bonds. The van der Waals surface area contributed by atoms with Crippen molar-refractivity contribution in [3.8, 4) is 0 Å². The second-order valence-corrected chi connectivity index (χ2v) is 6.84. The quantitative estimate of drug-likeness (QED) is 0.855. The van der Waals surface area contributed by atoms with Crippen molar-refractivity contribution in [2.45, 2.75) is 58.4 Å². The predicted molar refractivity (Wildman–Crippen MR) is 64.3 cm³/mol. The lowest BCUT2D eigenvalue weighted by Crippen LogP contribution is -2.44. The highest BCUT2D eigenvalue weighted by molar-refractivity contribution is 5.25. The Morgan fingerprint density at radius 2 is 1.76 bits per heavy atom. The van der Waals surface area contributed by atoms with E-state index in [4.69, 9.17) is 10.3 Å². The number of nitrogens with zero attached hydrogens (tertiary/aromatic N) is 2. The molecule has 1 aromatic rings. The first kappa shape index (κ1) is 11.2. The highest BCUT2D eigenvalue weighted by Crippen LogP contribution is 2.73. The van der Waals surface area contributed by atoms with Crippen molar-refractivity contribution in [2.75, 3.05) is 0 Å². The van der Waals surface area contributed by atoms with E-state index < -0.39 is 0 Å². The zero-order valence-electron chi connectivity index (χ0n) is 11.1. The Morgan fingerprint density at radius 1 is 1.18 bits per heavy atom. The van der Waals surface area contributed by atoms with Crippen LogP contribution < -0.4 is 5.73 Å². The van der Waals surface area contributed by atoms with Crippen LogP contribution >= 0.6 is 0 Å². The van der Waals surface area contributed by atoms with E-state index in [-0.39, 0.29) is 16.4 Å². The van der Waals surface area contributed by atoms with Crippen LogP contribution in [0, 0.1) is 10.8 Å². The zero-order chi connectivity index (χ0) is 12.5. The Bertz CT molecular complexity index is 443. The number of hydrogen-bond acceptors (Lipinski definition) is 4. The fourth-order valence-corrected chi connectivity index (χ4v) is 3.15. The van der Waals surface area contributed by atoms with Gasteiger partial charge in [0.15, 0.2) is 5.82 Å². The molecule has 0 spiro atoms. The van der Waals surface area contributed by atoms with Gasteiger partial charge in [-0.3, -0.25) is 0 Å². The Hall–Kier alpha value is -0.900. The van der Waals surface area contributed by atoms with Gasteiger partial charge in [-0.25, -0.2) is 0 Å².